The minimum Gasteiger partial charge on any atom is -0.481 e. The molecule has 0 bridgehead atoms. The molecule has 0 heterocycles. The largest absolute Gasteiger partial charge is 0.481 e. The van der Waals surface area contributed by atoms with Crippen LogP contribution in [0.25, 0.3) is 0 Å². The smallest absolute Gasteiger partial charge is 0.306 e. The van der Waals surface area contributed by atoms with Crippen molar-refractivity contribution in [3.05, 3.63) is 35.9 Å². The van der Waals surface area contributed by atoms with Crippen molar-refractivity contribution in [1.29, 1.82) is 0 Å². The lowest BCUT2D eigenvalue weighted by Crippen LogP contribution is -2.62. The highest BCUT2D eigenvalue weighted by Gasteiger charge is 2.65. The zero-order valence-corrected chi connectivity index (χ0v) is 22.2. The molecule has 4 aliphatic carbocycles. The molecule has 200 valence electrons. The van der Waals surface area contributed by atoms with Crippen LogP contribution < -0.4 is 0 Å². The van der Waals surface area contributed by atoms with E-state index in [-0.39, 0.29) is 52.6 Å². The lowest BCUT2D eigenvalue weighted by atomic mass is 9.43. The summed E-state index contributed by atoms with van der Waals surface area (Å²) in [5, 5.41) is 43.6. The average molecular weight is 499 g/mol. The van der Waals surface area contributed by atoms with Gasteiger partial charge < -0.3 is 20.4 Å². The third-order valence-electron chi connectivity index (χ3n) is 11.9. The number of rotatable bonds is 6. The Balaban J connectivity index is 1.36. The zero-order chi connectivity index (χ0) is 25.8. The second kappa shape index (κ2) is 9.71. The fourth-order valence-corrected chi connectivity index (χ4v) is 9.91. The highest BCUT2D eigenvalue weighted by Crippen LogP contribution is 2.68. The third kappa shape index (κ3) is 4.23. The molecule has 5 heteroatoms. The van der Waals surface area contributed by atoms with Crippen molar-refractivity contribution in [3.63, 3.8) is 0 Å². The van der Waals surface area contributed by atoms with Gasteiger partial charge in [-0.05, 0) is 110 Å². The first-order chi connectivity index (χ1) is 17.1. The lowest BCUT2D eigenvalue weighted by molar-refractivity contribution is -0.207. The van der Waals surface area contributed by atoms with Gasteiger partial charge >= 0.3 is 5.97 Å². The number of carboxylic acids is 1. The van der Waals surface area contributed by atoms with Crippen molar-refractivity contribution in [2.45, 2.75) is 96.9 Å². The molecule has 0 aliphatic heterocycles. The predicted octanol–water partition coefficient (Wildman–Crippen LogP) is 4.92. The van der Waals surface area contributed by atoms with Gasteiger partial charge in [-0.25, -0.2) is 0 Å². The van der Waals surface area contributed by atoms with Crippen LogP contribution in [0, 0.1) is 52.3 Å². The van der Waals surface area contributed by atoms with Crippen LogP contribution in [0.5, 0.6) is 0 Å². The van der Waals surface area contributed by atoms with Gasteiger partial charge in [0.2, 0.25) is 0 Å². The standard InChI is InChI=1S/C31H46O5/c1-18(13-20(29(35)36)14-19-7-5-4-6-8-19)23-9-10-24-28-25(17-27(34)31(23,24)3)30(2)12-11-22(32)15-21(30)16-26(28)33/h4-8,18,20-28,32-34H,9-17H2,1-3H3,(H,35,36)/t18-,20+,21+,22-,23-,24+,25+,26-,27+,28+,30+,31-/m1/s1. The maximum atomic E-state index is 12.2. The Morgan fingerprint density at radius 1 is 1.00 bits per heavy atom. The number of aliphatic hydroxyl groups is 3. The van der Waals surface area contributed by atoms with Gasteiger partial charge in [0.05, 0.1) is 24.2 Å². The number of aliphatic hydroxyl groups excluding tert-OH is 3. The predicted molar refractivity (Wildman–Crippen MR) is 139 cm³/mol. The zero-order valence-electron chi connectivity index (χ0n) is 22.2. The van der Waals surface area contributed by atoms with Gasteiger partial charge in [-0.2, -0.15) is 0 Å². The van der Waals surface area contributed by atoms with Crippen LogP contribution in [0.4, 0.5) is 0 Å². The Hall–Kier alpha value is -1.43. The van der Waals surface area contributed by atoms with Gasteiger partial charge in [-0.15, -0.1) is 0 Å². The van der Waals surface area contributed by atoms with E-state index in [9.17, 15) is 25.2 Å². The van der Waals surface area contributed by atoms with Gasteiger partial charge in [0.1, 0.15) is 0 Å². The molecule has 4 saturated carbocycles. The molecule has 4 fully saturated rings. The number of carboxylic acid groups (broad SMARTS) is 1. The minimum atomic E-state index is -0.740. The summed E-state index contributed by atoms with van der Waals surface area (Å²) in [6, 6.07) is 9.88. The van der Waals surface area contributed by atoms with Crippen molar-refractivity contribution >= 4 is 5.97 Å². The van der Waals surface area contributed by atoms with Crippen molar-refractivity contribution in [2.24, 2.45) is 52.3 Å². The van der Waals surface area contributed by atoms with Crippen LogP contribution in [-0.2, 0) is 11.2 Å². The Bertz CT molecular complexity index is 934. The second-order valence-corrected chi connectivity index (χ2v) is 13.5. The fraction of sp³-hybridized carbons (Fsp3) is 0.774. The molecule has 0 aromatic heterocycles. The summed E-state index contributed by atoms with van der Waals surface area (Å²) in [6.07, 6.45) is 6.09. The summed E-state index contributed by atoms with van der Waals surface area (Å²) in [5.41, 5.74) is 0.826. The van der Waals surface area contributed by atoms with E-state index in [4.69, 9.17) is 0 Å². The van der Waals surface area contributed by atoms with Gasteiger partial charge in [0.15, 0.2) is 0 Å². The molecule has 5 nitrogen and oxygen atoms in total. The first kappa shape index (κ1) is 26.2. The summed E-state index contributed by atoms with van der Waals surface area (Å²) in [6.45, 7) is 6.79. The number of carbonyl (C=O) groups is 1. The van der Waals surface area contributed by atoms with Crippen molar-refractivity contribution in [3.8, 4) is 0 Å². The second-order valence-electron chi connectivity index (χ2n) is 13.5. The van der Waals surface area contributed by atoms with E-state index in [1.165, 1.54) is 0 Å². The minimum absolute atomic E-state index is 0.0687. The molecule has 36 heavy (non-hydrogen) atoms. The summed E-state index contributed by atoms with van der Waals surface area (Å²) in [5.74, 6) is 0.308. The van der Waals surface area contributed by atoms with E-state index < -0.39 is 18.0 Å². The fourth-order valence-electron chi connectivity index (χ4n) is 9.91. The highest BCUT2D eigenvalue weighted by atomic mass is 16.4. The Morgan fingerprint density at radius 3 is 2.42 bits per heavy atom. The molecule has 12 atom stereocenters. The molecule has 0 radical (unpaired) electrons. The number of benzene rings is 1. The summed E-state index contributed by atoms with van der Waals surface area (Å²) < 4.78 is 0. The van der Waals surface area contributed by atoms with Crippen molar-refractivity contribution < 1.29 is 25.2 Å². The molecule has 5 rings (SSSR count). The maximum absolute atomic E-state index is 12.2. The molecule has 0 saturated heterocycles. The summed E-state index contributed by atoms with van der Waals surface area (Å²) >= 11 is 0. The molecule has 0 amide bonds. The molecule has 4 N–H and O–H groups in total. The van der Waals surface area contributed by atoms with Gasteiger partial charge in [0.25, 0.3) is 0 Å². The first-order valence-corrected chi connectivity index (χ1v) is 14.4. The molecular formula is C31H46O5. The van der Waals surface area contributed by atoms with E-state index in [1.54, 1.807) is 0 Å². The van der Waals surface area contributed by atoms with Gasteiger partial charge in [-0.3, -0.25) is 4.79 Å². The van der Waals surface area contributed by atoms with Gasteiger partial charge in [-0.1, -0.05) is 51.1 Å². The number of fused-ring (bicyclic) bond motifs is 5. The first-order valence-electron chi connectivity index (χ1n) is 14.4. The monoisotopic (exact) mass is 498 g/mol. The highest BCUT2D eigenvalue weighted by molar-refractivity contribution is 5.70. The summed E-state index contributed by atoms with van der Waals surface area (Å²) in [7, 11) is 0. The molecule has 1 aromatic rings. The third-order valence-corrected chi connectivity index (χ3v) is 11.9. The van der Waals surface area contributed by atoms with Gasteiger partial charge in [0, 0.05) is 0 Å². The number of aliphatic carboxylic acids is 1. The molecule has 1 aromatic carbocycles. The molecule has 4 aliphatic rings. The normalized spacial score (nSPS) is 45.7. The van der Waals surface area contributed by atoms with Crippen LogP contribution in [0.15, 0.2) is 30.3 Å². The van der Waals surface area contributed by atoms with E-state index in [1.807, 2.05) is 30.3 Å². The molecule has 0 unspecified atom stereocenters. The Kier molecular flexibility index (Phi) is 7.06. The SMILES string of the molecule is C[C@H](C[C@@H](Cc1ccccc1)C(=O)O)[C@H]1CC[C@H]2[C@@H]3[C@H](O)C[C@@H]4C[C@H](O)CC[C@]4(C)[C@H]3C[C@H](O)[C@]12C. The lowest BCUT2D eigenvalue weighted by Gasteiger charge is -2.63. The Morgan fingerprint density at radius 2 is 1.72 bits per heavy atom. The maximum Gasteiger partial charge on any atom is 0.306 e. The van der Waals surface area contributed by atoms with Crippen molar-refractivity contribution in [1.82, 2.24) is 0 Å². The Labute approximate surface area is 216 Å². The average Bonchev–Trinajstić information content (AvgIpc) is 3.19. The van der Waals surface area contributed by atoms with Crippen LogP contribution in [-0.4, -0.2) is 44.7 Å². The molecule has 0 spiro atoms. The van der Waals surface area contributed by atoms with Crippen LogP contribution >= 0.6 is 0 Å². The number of hydrogen-bond acceptors (Lipinski definition) is 4. The van der Waals surface area contributed by atoms with E-state index in [2.05, 4.69) is 20.8 Å². The van der Waals surface area contributed by atoms with Crippen LogP contribution in [0.3, 0.4) is 0 Å². The van der Waals surface area contributed by atoms with Crippen LogP contribution in [0.2, 0.25) is 0 Å². The summed E-state index contributed by atoms with van der Waals surface area (Å²) in [4.78, 5) is 12.2. The number of hydrogen-bond donors (Lipinski definition) is 4. The topological polar surface area (TPSA) is 98.0 Å². The van der Waals surface area contributed by atoms with E-state index in [0.29, 0.717) is 25.2 Å². The van der Waals surface area contributed by atoms with E-state index >= 15 is 0 Å². The van der Waals surface area contributed by atoms with Crippen molar-refractivity contribution in [2.75, 3.05) is 0 Å². The van der Waals surface area contributed by atoms with Crippen LogP contribution in [0.1, 0.15) is 77.7 Å². The molecular weight excluding hydrogens is 452 g/mol. The quantitative estimate of drug-likeness (QED) is 0.446. The van der Waals surface area contributed by atoms with E-state index in [0.717, 1.165) is 44.1 Å².